The minimum absolute atomic E-state index is 0.273. The lowest BCUT2D eigenvalue weighted by molar-refractivity contribution is -0.143. The molecule has 5 nitrogen and oxygen atoms in total. The van der Waals surface area contributed by atoms with Gasteiger partial charge in [-0.15, -0.1) is 0 Å². The third-order valence-electron chi connectivity index (χ3n) is 4.35. The number of nitrogens with zero attached hydrogens (tertiary/aromatic N) is 2. The van der Waals surface area contributed by atoms with Gasteiger partial charge < -0.3 is 15.1 Å². The van der Waals surface area contributed by atoms with Crippen LogP contribution >= 0.6 is 0 Å². The summed E-state index contributed by atoms with van der Waals surface area (Å²) in [6.45, 7) is 4.00. The third-order valence-corrected chi connectivity index (χ3v) is 4.35. The number of aryl methyl sites for hydroxylation is 1. The molecule has 0 saturated carbocycles. The number of hydrogen-bond acceptors (Lipinski definition) is 3. The Bertz CT molecular complexity index is 768. The topological polar surface area (TPSA) is 52.7 Å². The standard InChI is InChI=1S/C19H20FN3O2/c1-14-4-2-3-5-17(14)21-18(24)19(25)23-12-10-22(11-13-23)16-8-6-15(20)7-9-16/h2-9H,10-13H2,1H3,(H,21,24). The van der Waals surface area contributed by atoms with E-state index in [1.54, 1.807) is 23.1 Å². The molecule has 1 N–H and O–H groups in total. The minimum Gasteiger partial charge on any atom is -0.368 e. The molecular weight excluding hydrogens is 321 g/mol. The first kappa shape index (κ1) is 17.0. The van der Waals surface area contributed by atoms with Crippen LogP contribution in [0.25, 0.3) is 0 Å². The molecule has 0 spiro atoms. The predicted molar refractivity (Wildman–Crippen MR) is 95.0 cm³/mol. The van der Waals surface area contributed by atoms with Gasteiger partial charge in [0.05, 0.1) is 0 Å². The molecule has 1 fully saturated rings. The first-order valence-electron chi connectivity index (χ1n) is 8.21. The Morgan fingerprint density at radius 3 is 2.24 bits per heavy atom. The summed E-state index contributed by atoms with van der Waals surface area (Å²) in [7, 11) is 0. The van der Waals surface area contributed by atoms with E-state index in [9.17, 15) is 14.0 Å². The van der Waals surface area contributed by atoms with E-state index in [1.807, 2.05) is 25.1 Å². The zero-order valence-corrected chi connectivity index (χ0v) is 14.0. The van der Waals surface area contributed by atoms with E-state index in [0.717, 1.165) is 11.3 Å². The van der Waals surface area contributed by atoms with Crippen molar-refractivity contribution < 1.29 is 14.0 Å². The molecule has 2 amide bonds. The molecular formula is C19H20FN3O2. The molecule has 0 aromatic heterocycles. The van der Waals surface area contributed by atoms with Crippen LogP contribution in [-0.4, -0.2) is 42.9 Å². The lowest BCUT2D eigenvalue weighted by Gasteiger charge is -2.35. The Morgan fingerprint density at radius 1 is 0.960 bits per heavy atom. The molecule has 2 aromatic carbocycles. The zero-order valence-electron chi connectivity index (χ0n) is 14.0. The van der Waals surface area contributed by atoms with Crippen LogP contribution in [0.3, 0.4) is 0 Å². The molecule has 0 radical (unpaired) electrons. The molecule has 0 unspecified atom stereocenters. The van der Waals surface area contributed by atoms with E-state index >= 15 is 0 Å². The molecule has 1 heterocycles. The van der Waals surface area contributed by atoms with Crippen molar-refractivity contribution in [3.05, 3.63) is 59.9 Å². The molecule has 25 heavy (non-hydrogen) atoms. The van der Waals surface area contributed by atoms with E-state index in [4.69, 9.17) is 0 Å². The van der Waals surface area contributed by atoms with Gasteiger partial charge in [0.25, 0.3) is 0 Å². The van der Waals surface area contributed by atoms with Gasteiger partial charge >= 0.3 is 11.8 Å². The number of rotatable bonds is 2. The van der Waals surface area contributed by atoms with Gasteiger partial charge in [-0.2, -0.15) is 0 Å². The smallest absolute Gasteiger partial charge is 0.313 e. The number of amides is 2. The number of halogens is 1. The summed E-state index contributed by atoms with van der Waals surface area (Å²) in [5.41, 5.74) is 2.47. The second-order valence-corrected chi connectivity index (χ2v) is 6.02. The molecule has 0 atom stereocenters. The van der Waals surface area contributed by atoms with Crippen LogP contribution in [0, 0.1) is 12.7 Å². The van der Waals surface area contributed by atoms with Crippen molar-refractivity contribution in [2.24, 2.45) is 0 Å². The minimum atomic E-state index is -0.621. The number of benzene rings is 2. The van der Waals surface area contributed by atoms with Crippen LogP contribution in [0.15, 0.2) is 48.5 Å². The van der Waals surface area contributed by atoms with Crippen molar-refractivity contribution >= 4 is 23.2 Å². The number of carbonyl (C=O) groups excluding carboxylic acids is 2. The first-order chi connectivity index (χ1) is 12.0. The van der Waals surface area contributed by atoms with Crippen LogP contribution in [0.1, 0.15) is 5.56 Å². The second-order valence-electron chi connectivity index (χ2n) is 6.02. The summed E-state index contributed by atoms with van der Waals surface area (Å²) in [6.07, 6.45) is 0. The monoisotopic (exact) mass is 341 g/mol. The first-order valence-corrected chi connectivity index (χ1v) is 8.21. The molecule has 3 rings (SSSR count). The summed E-state index contributed by atoms with van der Waals surface area (Å²) in [4.78, 5) is 28.2. The largest absolute Gasteiger partial charge is 0.368 e. The molecule has 0 aliphatic carbocycles. The van der Waals surface area contributed by atoms with E-state index in [2.05, 4.69) is 10.2 Å². The van der Waals surface area contributed by atoms with Crippen LogP contribution in [0.5, 0.6) is 0 Å². The van der Waals surface area contributed by atoms with Crippen molar-refractivity contribution in [3.8, 4) is 0 Å². The van der Waals surface area contributed by atoms with Crippen LogP contribution in [0.4, 0.5) is 15.8 Å². The zero-order chi connectivity index (χ0) is 17.8. The highest BCUT2D eigenvalue weighted by molar-refractivity contribution is 6.39. The van der Waals surface area contributed by atoms with Crippen molar-refractivity contribution in [1.82, 2.24) is 4.90 Å². The molecule has 1 aliphatic rings. The molecule has 130 valence electrons. The average molecular weight is 341 g/mol. The van der Waals surface area contributed by atoms with E-state index < -0.39 is 11.8 Å². The number of nitrogens with one attached hydrogen (secondary N) is 1. The molecule has 2 aromatic rings. The number of hydrogen-bond donors (Lipinski definition) is 1. The summed E-state index contributed by atoms with van der Waals surface area (Å²) in [6, 6.07) is 13.6. The summed E-state index contributed by atoms with van der Waals surface area (Å²) in [5.74, 6) is -1.42. The summed E-state index contributed by atoms with van der Waals surface area (Å²) in [5, 5.41) is 2.67. The third kappa shape index (κ3) is 3.96. The molecule has 1 saturated heterocycles. The fourth-order valence-corrected chi connectivity index (χ4v) is 2.85. The number of anilines is 2. The van der Waals surface area contributed by atoms with E-state index in [-0.39, 0.29) is 5.82 Å². The van der Waals surface area contributed by atoms with Gasteiger partial charge in [-0.25, -0.2) is 4.39 Å². The number of piperazine rings is 1. The maximum atomic E-state index is 13.0. The summed E-state index contributed by atoms with van der Waals surface area (Å²) >= 11 is 0. The van der Waals surface area contributed by atoms with Crippen LogP contribution in [0.2, 0.25) is 0 Å². The van der Waals surface area contributed by atoms with E-state index in [1.165, 1.54) is 12.1 Å². The maximum Gasteiger partial charge on any atom is 0.313 e. The highest BCUT2D eigenvalue weighted by Crippen LogP contribution is 2.17. The predicted octanol–water partition coefficient (Wildman–Crippen LogP) is 2.42. The lowest BCUT2D eigenvalue weighted by atomic mass is 10.2. The van der Waals surface area contributed by atoms with Gasteiger partial charge in [0, 0.05) is 37.6 Å². The molecule has 0 bridgehead atoms. The van der Waals surface area contributed by atoms with Crippen molar-refractivity contribution in [2.45, 2.75) is 6.92 Å². The van der Waals surface area contributed by atoms with E-state index in [0.29, 0.717) is 31.9 Å². The fourth-order valence-electron chi connectivity index (χ4n) is 2.85. The Morgan fingerprint density at radius 2 is 1.60 bits per heavy atom. The highest BCUT2D eigenvalue weighted by Gasteiger charge is 2.26. The van der Waals surface area contributed by atoms with Crippen molar-refractivity contribution in [3.63, 3.8) is 0 Å². The van der Waals surface area contributed by atoms with Crippen molar-refractivity contribution in [1.29, 1.82) is 0 Å². The Kier molecular flexibility index (Phi) is 4.97. The lowest BCUT2D eigenvalue weighted by Crippen LogP contribution is -2.51. The number of carbonyl (C=O) groups is 2. The van der Waals surface area contributed by atoms with Crippen molar-refractivity contribution in [2.75, 3.05) is 36.4 Å². The van der Waals surface area contributed by atoms with Gasteiger partial charge in [0.15, 0.2) is 0 Å². The maximum absolute atomic E-state index is 13.0. The number of para-hydroxylation sites is 1. The molecule has 1 aliphatic heterocycles. The quantitative estimate of drug-likeness (QED) is 0.854. The normalized spacial score (nSPS) is 14.3. The van der Waals surface area contributed by atoms with Gasteiger partial charge in [0.2, 0.25) is 0 Å². The Labute approximate surface area is 146 Å². The van der Waals surface area contributed by atoms with Gasteiger partial charge in [-0.1, -0.05) is 18.2 Å². The fraction of sp³-hybridized carbons (Fsp3) is 0.263. The Hall–Kier alpha value is -2.89. The molecule has 6 heteroatoms. The van der Waals surface area contributed by atoms with Gasteiger partial charge in [-0.05, 0) is 42.8 Å². The Balaban J connectivity index is 1.57. The summed E-state index contributed by atoms with van der Waals surface area (Å²) < 4.78 is 13.0. The van der Waals surface area contributed by atoms with Gasteiger partial charge in [0.1, 0.15) is 5.82 Å². The van der Waals surface area contributed by atoms with Gasteiger partial charge in [-0.3, -0.25) is 9.59 Å². The average Bonchev–Trinajstić information content (AvgIpc) is 2.64. The second kappa shape index (κ2) is 7.34. The highest BCUT2D eigenvalue weighted by atomic mass is 19.1. The van der Waals surface area contributed by atoms with Crippen LogP contribution in [-0.2, 0) is 9.59 Å². The SMILES string of the molecule is Cc1ccccc1NC(=O)C(=O)N1CCN(c2ccc(F)cc2)CC1. The van der Waals surface area contributed by atoms with Crippen LogP contribution < -0.4 is 10.2 Å².